The molecule has 188 valence electrons. The summed E-state index contributed by atoms with van der Waals surface area (Å²) < 4.78 is 34.5. The van der Waals surface area contributed by atoms with Crippen molar-refractivity contribution in [3.05, 3.63) is 77.9 Å². The molecule has 0 saturated carbocycles. The maximum absolute atomic E-state index is 13.6. The number of sulfonamides is 1. The summed E-state index contributed by atoms with van der Waals surface area (Å²) in [5, 5.41) is 2.90. The van der Waals surface area contributed by atoms with E-state index in [0.29, 0.717) is 17.1 Å². The van der Waals surface area contributed by atoms with Gasteiger partial charge >= 0.3 is 0 Å². The summed E-state index contributed by atoms with van der Waals surface area (Å²) >= 11 is 0. The maximum atomic E-state index is 13.6. The minimum absolute atomic E-state index is 0.121. The second-order valence-electron chi connectivity index (χ2n) is 9.51. The number of nitrogens with one attached hydrogen (secondary N) is 1. The number of aryl methyl sites for hydroxylation is 2. The van der Waals surface area contributed by atoms with E-state index in [4.69, 9.17) is 4.74 Å². The van der Waals surface area contributed by atoms with Crippen molar-refractivity contribution >= 4 is 33.0 Å². The third kappa shape index (κ3) is 4.91. The van der Waals surface area contributed by atoms with Crippen LogP contribution in [0.3, 0.4) is 0 Å². The van der Waals surface area contributed by atoms with Crippen molar-refractivity contribution in [1.29, 1.82) is 0 Å². The summed E-state index contributed by atoms with van der Waals surface area (Å²) in [6, 6.07) is 19.8. The quantitative estimate of drug-likeness (QED) is 0.534. The molecule has 2 aliphatic rings. The number of benzene rings is 3. The molecule has 7 nitrogen and oxygen atoms in total. The third-order valence-electron chi connectivity index (χ3n) is 6.74. The van der Waals surface area contributed by atoms with Crippen LogP contribution in [0.5, 0.6) is 5.75 Å². The van der Waals surface area contributed by atoms with E-state index in [1.807, 2.05) is 44.2 Å². The van der Waals surface area contributed by atoms with E-state index in [-0.39, 0.29) is 11.4 Å². The van der Waals surface area contributed by atoms with Crippen LogP contribution in [0.4, 0.5) is 17.1 Å². The minimum atomic E-state index is -3.89. The van der Waals surface area contributed by atoms with Gasteiger partial charge in [-0.25, -0.2) is 8.42 Å². The summed E-state index contributed by atoms with van der Waals surface area (Å²) in [5.74, 6) is -0.0190. The second kappa shape index (κ2) is 9.85. The monoisotopic (exact) mass is 505 g/mol. The Kier molecular flexibility index (Phi) is 6.62. The van der Waals surface area contributed by atoms with Crippen LogP contribution < -0.4 is 19.3 Å². The van der Waals surface area contributed by atoms with Gasteiger partial charge in [-0.2, -0.15) is 0 Å². The van der Waals surface area contributed by atoms with Crippen molar-refractivity contribution in [1.82, 2.24) is 0 Å². The Hall–Kier alpha value is -3.52. The van der Waals surface area contributed by atoms with Crippen LogP contribution >= 0.6 is 0 Å². The van der Waals surface area contributed by atoms with Gasteiger partial charge in [0, 0.05) is 24.5 Å². The lowest BCUT2D eigenvalue weighted by molar-refractivity contribution is -0.122. The fourth-order valence-corrected chi connectivity index (χ4v) is 6.17. The highest BCUT2D eigenvalue weighted by Gasteiger charge is 2.37. The zero-order valence-corrected chi connectivity index (χ0v) is 21.4. The molecule has 0 aliphatic carbocycles. The fourth-order valence-electron chi connectivity index (χ4n) is 4.69. The Balaban J connectivity index is 1.38. The summed E-state index contributed by atoms with van der Waals surface area (Å²) in [5.41, 5.74) is 4.09. The Morgan fingerprint density at radius 1 is 0.889 bits per heavy atom. The molecule has 0 unspecified atom stereocenters. The molecule has 0 radical (unpaired) electrons. The van der Waals surface area contributed by atoms with E-state index in [1.165, 1.54) is 23.6 Å². The number of piperidine rings is 1. The first kappa shape index (κ1) is 24.2. The largest absolute Gasteiger partial charge is 0.476 e. The molecule has 2 aliphatic heterocycles. The van der Waals surface area contributed by atoms with Crippen LogP contribution in [0.25, 0.3) is 0 Å². The molecule has 1 fully saturated rings. The predicted octanol–water partition coefficient (Wildman–Crippen LogP) is 4.89. The molecule has 0 aromatic heterocycles. The molecule has 36 heavy (non-hydrogen) atoms. The molecule has 3 aromatic carbocycles. The average molecular weight is 506 g/mol. The van der Waals surface area contributed by atoms with Crippen LogP contribution in [0.2, 0.25) is 0 Å². The number of ether oxygens (including phenoxy) is 1. The van der Waals surface area contributed by atoms with Gasteiger partial charge in [-0.1, -0.05) is 23.8 Å². The van der Waals surface area contributed by atoms with Gasteiger partial charge in [0.2, 0.25) is 0 Å². The molecule has 1 atom stereocenters. The molecular formula is C28H31N3O4S. The number of amides is 1. The second-order valence-corrected chi connectivity index (χ2v) is 11.4. The Bertz CT molecular complexity index is 1350. The minimum Gasteiger partial charge on any atom is -0.476 e. The van der Waals surface area contributed by atoms with Gasteiger partial charge in [-0.05, 0) is 87.2 Å². The van der Waals surface area contributed by atoms with Gasteiger partial charge in [-0.3, -0.25) is 9.10 Å². The van der Waals surface area contributed by atoms with Crippen molar-refractivity contribution in [2.24, 2.45) is 0 Å². The van der Waals surface area contributed by atoms with Gasteiger partial charge in [-0.15, -0.1) is 0 Å². The maximum Gasteiger partial charge on any atom is 0.267 e. The highest BCUT2D eigenvalue weighted by Crippen LogP contribution is 2.38. The van der Waals surface area contributed by atoms with Crippen LogP contribution in [-0.4, -0.2) is 40.1 Å². The van der Waals surface area contributed by atoms with E-state index < -0.39 is 22.0 Å². The first-order chi connectivity index (χ1) is 17.3. The third-order valence-corrected chi connectivity index (χ3v) is 8.54. The van der Waals surface area contributed by atoms with Gasteiger partial charge < -0.3 is 15.0 Å². The lowest BCUT2D eigenvalue weighted by Gasteiger charge is -2.35. The topological polar surface area (TPSA) is 79.0 Å². The van der Waals surface area contributed by atoms with E-state index in [0.717, 1.165) is 29.9 Å². The highest BCUT2D eigenvalue weighted by molar-refractivity contribution is 7.92. The molecule has 0 spiro atoms. The molecule has 3 aromatic rings. The molecule has 1 amide bonds. The highest BCUT2D eigenvalue weighted by atomic mass is 32.2. The number of hydrogen-bond acceptors (Lipinski definition) is 5. The Morgan fingerprint density at radius 2 is 1.56 bits per heavy atom. The van der Waals surface area contributed by atoms with Crippen molar-refractivity contribution in [2.45, 2.75) is 44.1 Å². The zero-order chi connectivity index (χ0) is 25.3. The Morgan fingerprint density at radius 3 is 2.25 bits per heavy atom. The number of hydrogen-bond donors (Lipinski definition) is 1. The van der Waals surface area contributed by atoms with Gasteiger partial charge in [0.25, 0.3) is 15.9 Å². The fraction of sp³-hybridized carbons (Fsp3) is 0.321. The van der Waals surface area contributed by atoms with E-state index >= 15 is 0 Å². The van der Waals surface area contributed by atoms with Gasteiger partial charge in [0.05, 0.1) is 17.1 Å². The van der Waals surface area contributed by atoms with Crippen molar-refractivity contribution in [3.8, 4) is 5.75 Å². The van der Waals surface area contributed by atoms with Gasteiger partial charge in [0.1, 0.15) is 5.75 Å². The molecule has 5 rings (SSSR count). The van der Waals surface area contributed by atoms with E-state index in [2.05, 4.69) is 10.2 Å². The summed E-state index contributed by atoms with van der Waals surface area (Å²) in [6.07, 6.45) is 2.66. The lowest BCUT2D eigenvalue weighted by Crippen LogP contribution is -2.48. The number of anilines is 3. The van der Waals surface area contributed by atoms with E-state index in [1.54, 1.807) is 36.4 Å². The van der Waals surface area contributed by atoms with E-state index in [9.17, 15) is 13.2 Å². The smallest absolute Gasteiger partial charge is 0.267 e. The van der Waals surface area contributed by atoms with Crippen LogP contribution in [0.1, 0.15) is 30.4 Å². The zero-order valence-electron chi connectivity index (χ0n) is 20.6. The predicted molar refractivity (Wildman–Crippen MR) is 142 cm³/mol. The summed E-state index contributed by atoms with van der Waals surface area (Å²) in [6.45, 7) is 5.78. The van der Waals surface area contributed by atoms with Crippen LogP contribution in [0.15, 0.2) is 71.6 Å². The normalized spacial score (nSPS) is 17.8. The molecule has 0 bridgehead atoms. The summed E-state index contributed by atoms with van der Waals surface area (Å²) in [4.78, 5) is 15.8. The van der Waals surface area contributed by atoms with Crippen molar-refractivity contribution in [3.63, 3.8) is 0 Å². The first-order valence-corrected chi connectivity index (χ1v) is 13.8. The van der Waals surface area contributed by atoms with Crippen molar-refractivity contribution in [2.75, 3.05) is 34.2 Å². The molecule has 1 saturated heterocycles. The van der Waals surface area contributed by atoms with Crippen molar-refractivity contribution < 1.29 is 17.9 Å². The Labute approximate surface area is 212 Å². The molecule has 1 N–H and O–H groups in total. The number of carbonyl (C=O) groups is 1. The van der Waals surface area contributed by atoms with Crippen LogP contribution in [-0.2, 0) is 14.8 Å². The number of carbonyl (C=O) groups excluding carboxylic acids is 1. The molecule has 2 heterocycles. The summed E-state index contributed by atoms with van der Waals surface area (Å²) in [7, 11) is -3.89. The van der Waals surface area contributed by atoms with Crippen LogP contribution in [0, 0.1) is 13.8 Å². The molecular weight excluding hydrogens is 474 g/mol. The number of fused-ring (bicyclic) bond motifs is 1. The average Bonchev–Trinajstić information content (AvgIpc) is 2.89. The standard InChI is InChI=1S/C28H31N3O4S/c1-20-6-13-24(14-7-20)36(33,34)31-19-27(35-26-18-21(2)8-15-25(26)31)28(32)29-22-9-11-23(12-10-22)30-16-4-3-5-17-30/h6-15,18,27H,3-5,16-17,19H2,1-2H3,(H,29,32)/t27-/m1/s1. The lowest BCUT2D eigenvalue weighted by atomic mass is 10.1. The SMILES string of the molecule is Cc1ccc(S(=O)(=O)N2C[C@H](C(=O)Nc3ccc(N4CCCCC4)cc3)Oc3cc(C)ccc32)cc1. The number of rotatable bonds is 5. The number of nitrogens with zero attached hydrogens (tertiary/aromatic N) is 2. The molecule has 8 heteroatoms. The first-order valence-electron chi connectivity index (χ1n) is 12.3. The van der Waals surface area contributed by atoms with Gasteiger partial charge in [0.15, 0.2) is 6.10 Å².